The van der Waals surface area contributed by atoms with Crippen LogP contribution in [0.5, 0.6) is 0 Å². The predicted molar refractivity (Wildman–Crippen MR) is 306 cm³/mol. The third kappa shape index (κ3) is 24.9. The van der Waals surface area contributed by atoms with Gasteiger partial charge in [-0.25, -0.2) is 0 Å². The van der Waals surface area contributed by atoms with E-state index in [-0.39, 0.29) is 0 Å². The van der Waals surface area contributed by atoms with Crippen LogP contribution in [0.1, 0.15) is 230 Å². The van der Waals surface area contributed by atoms with Gasteiger partial charge >= 0.3 is 402 Å². The second-order valence-electron chi connectivity index (χ2n) is 19.1. The molecule has 0 aliphatic rings. The summed E-state index contributed by atoms with van der Waals surface area (Å²) in [7, 11) is -5.01. The molecule has 67 heavy (non-hydrogen) atoms. The van der Waals surface area contributed by atoms with Crippen molar-refractivity contribution >= 4 is 48.4 Å². The molecule has 0 saturated heterocycles. The summed E-state index contributed by atoms with van der Waals surface area (Å²) >= 11 is -6.02. The average Bonchev–Trinajstić information content (AvgIpc) is 3.35. The summed E-state index contributed by atoms with van der Waals surface area (Å²) in [4.78, 5) is 0. The predicted octanol–water partition coefficient (Wildman–Crippen LogP) is 21.6. The second-order valence-corrected chi connectivity index (χ2v) is 30.4. The fourth-order valence-corrected chi connectivity index (χ4v) is 21.9. The van der Waals surface area contributed by atoms with Gasteiger partial charge in [0.15, 0.2) is 0 Å². The van der Waals surface area contributed by atoms with Gasteiger partial charge in [-0.3, -0.25) is 0 Å². The molecule has 4 rings (SSSR count). The Bertz CT molecular complexity index is 1590. The molecule has 0 aliphatic carbocycles. The molecule has 0 N–H and O–H groups in total. The molecular weight excluding hydrogens is 1070 g/mol. The number of hydrogen-bond donors (Lipinski definition) is 0. The number of benzene rings is 4. The summed E-state index contributed by atoms with van der Waals surface area (Å²) in [6, 6.07) is 34.3. The third-order valence-corrected chi connectivity index (χ3v) is 26.2. The molecule has 0 aliphatic heterocycles. The molecule has 4 aromatic carbocycles. The molecule has 0 saturated carbocycles. The number of halogens is 3. The molecule has 0 aromatic heterocycles. The molecular formula is C60H92FI2O3P. The van der Waals surface area contributed by atoms with Crippen LogP contribution in [0.4, 0.5) is 4.20 Å². The zero-order valence-electron chi connectivity index (χ0n) is 42.7. The van der Waals surface area contributed by atoms with Gasteiger partial charge in [0.2, 0.25) is 0 Å². The van der Waals surface area contributed by atoms with Crippen molar-refractivity contribution in [1.82, 2.24) is 0 Å². The van der Waals surface area contributed by atoms with Crippen molar-refractivity contribution in [3.63, 3.8) is 0 Å². The molecule has 3 nitrogen and oxygen atoms in total. The van der Waals surface area contributed by atoms with Gasteiger partial charge in [-0.15, -0.1) is 0 Å². The van der Waals surface area contributed by atoms with E-state index in [0.717, 1.165) is 40.0 Å². The Balaban J connectivity index is 1.52. The van der Waals surface area contributed by atoms with Crippen LogP contribution >= 0.6 is 48.4 Å². The van der Waals surface area contributed by atoms with Gasteiger partial charge in [0.1, 0.15) is 0 Å². The van der Waals surface area contributed by atoms with E-state index in [4.69, 9.17) is 5.71 Å². The average molecular weight is 1170 g/mol. The Morgan fingerprint density at radius 2 is 0.493 bits per heavy atom. The van der Waals surface area contributed by atoms with Crippen LogP contribution < -0.4 is 0 Å². The Hall–Kier alpha value is -1.58. The van der Waals surface area contributed by atoms with E-state index in [0.29, 0.717) is 0 Å². The first-order chi connectivity index (χ1) is 32.9. The van der Waals surface area contributed by atoms with Crippen LogP contribution in [0.3, 0.4) is 0 Å². The van der Waals surface area contributed by atoms with E-state index in [1.807, 2.05) is 0 Å². The van der Waals surface area contributed by atoms with Crippen LogP contribution in [-0.4, -0.2) is 0 Å². The minimum atomic E-state index is -5.01. The first-order valence-corrected chi connectivity index (χ1v) is 34.8. The van der Waals surface area contributed by atoms with Crippen molar-refractivity contribution in [3.8, 4) is 0 Å². The molecule has 7 heteroatoms. The summed E-state index contributed by atoms with van der Waals surface area (Å²) in [6.07, 6.45) is 40.0. The standard InChI is InChI=1S/C60H92FI2O3P/c1-5-9-13-17-21-25-29-33-53-37-45-57(46-38-53)62(58-47-39-54(40-48-58)34-30-26-22-18-14-10-6-2)65-67(61,64)66-63(59-49-41-55(42-50-59)35-31-27-23-19-15-11-7-3)60-51-43-56(44-52-60)36-32-28-24-20-16-12-8-4/h37-52H,5-36H2,1-4H3. The van der Waals surface area contributed by atoms with Crippen molar-refractivity contribution in [2.24, 2.45) is 0 Å². The van der Waals surface area contributed by atoms with Crippen molar-refractivity contribution < 1.29 is 14.5 Å². The molecule has 0 atom stereocenters. The Labute approximate surface area is 426 Å². The maximum absolute atomic E-state index is 17.1. The number of aryl methyl sites for hydroxylation is 4. The van der Waals surface area contributed by atoms with Crippen molar-refractivity contribution in [2.45, 2.75) is 233 Å². The van der Waals surface area contributed by atoms with Gasteiger partial charge in [0.05, 0.1) is 0 Å². The van der Waals surface area contributed by atoms with E-state index in [1.54, 1.807) is 0 Å². The van der Waals surface area contributed by atoms with Gasteiger partial charge in [-0.05, 0) is 0 Å². The van der Waals surface area contributed by atoms with Crippen LogP contribution in [0.2, 0.25) is 0 Å². The molecule has 0 spiro atoms. The first kappa shape index (κ1) is 58.0. The topological polar surface area (TPSA) is 35.5 Å². The van der Waals surface area contributed by atoms with Gasteiger partial charge in [-0.2, -0.15) is 0 Å². The summed E-state index contributed by atoms with van der Waals surface area (Å²) in [6.45, 7) is 9.06. The van der Waals surface area contributed by atoms with E-state index in [9.17, 15) is 4.57 Å². The monoisotopic (exact) mass is 1160 g/mol. The molecule has 0 bridgehead atoms. The Morgan fingerprint density at radius 3 is 0.687 bits per heavy atom. The molecule has 0 amide bonds. The van der Waals surface area contributed by atoms with Gasteiger partial charge in [-0.1, -0.05) is 27.7 Å². The zero-order valence-corrected chi connectivity index (χ0v) is 47.9. The summed E-state index contributed by atoms with van der Waals surface area (Å²) in [5.41, 5.74) is 5.16. The van der Waals surface area contributed by atoms with Crippen LogP contribution in [-0.2, 0) is 36.0 Å². The minimum absolute atomic E-state index is 0.943. The molecule has 0 radical (unpaired) electrons. The molecule has 0 unspecified atom stereocenters. The Kier molecular flexibility index (Phi) is 31.5. The summed E-state index contributed by atoms with van der Waals surface area (Å²) in [5.74, 6) is 0. The van der Waals surface area contributed by atoms with E-state index in [2.05, 4.69) is 125 Å². The van der Waals surface area contributed by atoms with E-state index < -0.39 is 48.4 Å². The fraction of sp³-hybridized carbons (Fsp3) is 0.600. The van der Waals surface area contributed by atoms with Crippen molar-refractivity contribution in [1.29, 1.82) is 0 Å². The van der Waals surface area contributed by atoms with Gasteiger partial charge < -0.3 is 0 Å². The fourth-order valence-electron chi connectivity index (χ4n) is 8.79. The van der Waals surface area contributed by atoms with Gasteiger partial charge in [0.25, 0.3) is 0 Å². The molecule has 0 heterocycles. The molecule has 0 fully saturated rings. The van der Waals surface area contributed by atoms with Crippen LogP contribution in [0, 0.1) is 14.3 Å². The zero-order chi connectivity index (χ0) is 47.6. The van der Waals surface area contributed by atoms with Crippen LogP contribution in [0.25, 0.3) is 0 Å². The first-order valence-electron chi connectivity index (χ1n) is 27.3. The van der Waals surface area contributed by atoms with E-state index in [1.165, 1.54) is 202 Å². The van der Waals surface area contributed by atoms with Crippen molar-refractivity contribution in [2.75, 3.05) is 0 Å². The maximum atomic E-state index is 17.1. The number of unbranched alkanes of at least 4 members (excludes halogenated alkanes) is 24. The van der Waals surface area contributed by atoms with Crippen molar-refractivity contribution in [3.05, 3.63) is 134 Å². The van der Waals surface area contributed by atoms with Crippen LogP contribution in [0.15, 0.2) is 97.1 Å². The molecule has 376 valence electrons. The SMILES string of the molecule is CCCCCCCCCc1ccc(I(OP(=O)(F)OI(c2ccc(CCCCCCCCC)cc2)c2ccc(CCCCCCCCC)cc2)c2ccc(CCCCCCCCC)cc2)cc1. The quantitative estimate of drug-likeness (QED) is 0.0253. The summed E-state index contributed by atoms with van der Waals surface area (Å²) in [5, 5.41) is 0. The van der Waals surface area contributed by atoms with E-state index >= 15 is 4.20 Å². The number of hydrogen-bond acceptors (Lipinski definition) is 3. The summed E-state index contributed by atoms with van der Waals surface area (Å²) < 4.78 is 48.0. The Morgan fingerprint density at radius 1 is 0.313 bits per heavy atom. The number of rotatable bonds is 40. The normalized spacial score (nSPS) is 12.2. The molecule has 4 aromatic rings. The van der Waals surface area contributed by atoms with Gasteiger partial charge in [0, 0.05) is 0 Å². The third-order valence-electron chi connectivity index (χ3n) is 13.0. The second kappa shape index (κ2) is 36.4.